The second-order valence-electron chi connectivity index (χ2n) is 4.84. The van der Waals surface area contributed by atoms with Crippen LogP contribution in [0.25, 0.3) is 10.2 Å². The highest BCUT2D eigenvalue weighted by Crippen LogP contribution is 2.23. The zero-order valence-electron chi connectivity index (χ0n) is 11.2. The van der Waals surface area contributed by atoms with Crippen LogP contribution in [0.5, 0.6) is 0 Å². The zero-order valence-corrected chi connectivity index (χ0v) is 13.6. The molecule has 3 rings (SSSR count). The Morgan fingerprint density at radius 3 is 2.60 bits per heavy atom. The first-order chi connectivity index (χ1) is 9.72. The molecule has 0 aliphatic heterocycles. The van der Waals surface area contributed by atoms with Crippen molar-refractivity contribution >= 4 is 37.5 Å². The molecule has 0 aliphatic rings. The van der Waals surface area contributed by atoms with E-state index in [1.165, 1.54) is 15.3 Å². The van der Waals surface area contributed by atoms with E-state index >= 15 is 0 Å². The fraction of sp³-hybridized carbons (Fsp3) is 0.188. The van der Waals surface area contributed by atoms with Gasteiger partial charge in [0, 0.05) is 11.0 Å². The van der Waals surface area contributed by atoms with Crippen molar-refractivity contribution in [2.45, 2.75) is 13.1 Å². The maximum absolute atomic E-state index is 4.68. The molecule has 0 unspecified atom stereocenters. The summed E-state index contributed by atoms with van der Waals surface area (Å²) in [5.41, 5.74) is 2.40. The Hall–Kier alpha value is -1.23. The normalized spacial score (nSPS) is 11.3. The minimum atomic E-state index is 0.876. The lowest BCUT2D eigenvalue weighted by Gasteiger charge is -2.15. The molecule has 0 saturated heterocycles. The summed E-state index contributed by atoms with van der Waals surface area (Å²) >= 11 is 5.37. The standard InChI is InChI=1S/C16H15BrN2S/c1-19(10-12-6-2-3-7-13(12)17)11-16-18-14-8-4-5-9-15(14)20-16/h2-9H,10-11H2,1H3. The van der Waals surface area contributed by atoms with Crippen molar-refractivity contribution in [2.75, 3.05) is 7.05 Å². The first kappa shape index (κ1) is 13.7. The summed E-state index contributed by atoms with van der Waals surface area (Å²) in [5.74, 6) is 0. The predicted octanol–water partition coefficient (Wildman–Crippen LogP) is 4.69. The molecule has 0 saturated carbocycles. The van der Waals surface area contributed by atoms with Gasteiger partial charge < -0.3 is 0 Å². The maximum atomic E-state index is 4.68. The molecule has 1 aromatic heterocycles. The fourth-order valence-corrected chi connectivity index (χ4v) is 3.65. The molecule has 102 valence electrons. The lowest BCUT2D eigenvalue weighted by Crippen LogP contribution is -2.17. The van der Waals surface area contributed by atoms with Crippen LogP contribution < -0.4 is 0 Å². The number of aromatic nitrogens is 1. The van der Waals surface area contributed by atoms with Gasteiger partial charge >= 0.3 is 0 Å². The molecule has 0 aliphatic carbocycles. The third-order valence-corrected chi connectivity index (χ3v) is 4.94. The van der Waals surface area contributed by atoms with E-state index in [2.05, 4.69) is 69.3 Å². The molecule has 0 amide bonds. The van der Waals surface area contributed by atoms with Gasteiger partial charge in [-0.15, -0.1) is 11.3 Å². The van der Waals surface area contributed by atoms with E-state index in [-0.39, 0.29) is 0 Å². The molecule has 0 radical (unpaired) electrons. The Bertz CT molecular complexity index is 690. The second kappa shape index (κ2) is 6.04. The van der Waals surface area contributed by atoms with Crippen molar-refractivity contribution in [3.05, 3.63) is 63.6 Å². The van der Waals surface area contributed by atoms with Gasteiger partial charge in [0.1, 0.15) is 5.01 Å². The molecule has 4 heteroatoms. The number of rotatable bonds is 4. The SMILES string of the molecule is CN(Cc1nc2ccccc2s1)Cc1ccccc1Br. The molecule has 3 aromatic rings. The molecule has 0 N–H and O–H groups in total. The first-order valence-corrected chi connectivity index (χ1v) is 8.10. The van der Waals surface area contributed by atoms with E-state index in [1.54, 1.807) is 11.3 Å². The number of thiazole rings is 1. The third-order valence-electron chi connectivity index (χ3n) is 3.14. The van der Waals surface area contributed by atoms with E-state index in [0.29, 0.717) is 0 Å². The van der Waals surface area contributed by atoms with Gasteiger partial charge in [0.25, 0.3) is 0 Å². The van der Waals surface area contributed by atoms with Gasteiger partial charge in [0.05, 0.1) is 16.8 Å². The Balaban J connectivity index is 1.72. The van der Waals surface area contributed by atoms with E-state index in [1.807, 2.05) is 12.1 Å². The van der Waals surface area contributed by atoms with Crippen LogP contribution in [0.1, 0.15) is 10.6 Å². The summed E-state index contributed by atoms with van der Waals surface area (Å²) < 4.78 is 2.42. The molecular weight excluding hydrogens is 332 g/mol. The van der Waals surface area contributed by atoms with Crippen molar-refractivity contribution < 1.29 is 0 Å². The third kappa shape index (κ3) is 3.08. The highest BCUT2D eigenvalue weighted by Gasteiger charge is 2.08. The van der Waals surface area contributed by atoms with Crippen LogP contribution in [0.3, 0.4) is 0 Å². The number of benzene rings is 2. The van der Waals surface area contributed by atoms with Gasteiger partial charge in [-0.3, -0.25) is 4.90 Å². The number of fused-ring (bicyclic) bond motifs is 1. The molecule has 0 fully saturated rings. The van der Waals surface area contributed by atoms with E-state index in [9.17, 15) is 0 Å². The molecule has 0 bridgehead atoms. The second-order valence-corrected chi connectivity index (χ2v) is 6.81. The van der Waals surface area contributed by atoms with Gasteiger partial charge in [0.15, 0.2) is 0 Å². The van der Waals surface area contributed by atoms with Crippen LogP contribution >= 0.6 is 27.3 Å². The van der Waals surface area contributed by atoms with Crippen LogP contribution in [-0.4, -0.2) is 16.9 Å². The average Bonchev–Trinajstić information content (AvgIpc) is 2.83. The average molecular weight is 347 g/mol. The molecule has 1 heterocycles. The van der Waals surface area contributed by atoms with Crippen molar-refractivity contribution in [2.24, 2.45) is 0 Å². The number of halogens is 1. The van der Waals surface area contributed by atoms with Gasteiger partial charge in [-0.1, -0.05) is 46.3 Å². The number of nitrogens with zero attached hydrogens (tertiary/aromatic N) is 2. The molecule has 2 nitrogen and oxygen atoms in total. The summed E-state index contributed by atoms with van der Waals surface area (Å²) in [6.07, 6.45) is 0. The quantitative estimate of drug-likeness (QED) is 0.681. The van der Waals surface area contributed by atoms with Crippen molar-refractivity contribution in [3.8, 4) is 0 Å². The van der Waals surface area contributed by atoms with Gasteiger partial charge in [-0.05, 0) is 30.8 Å². The molecule has 20 heavy (non-hydrogen) atoms. The Morgan fingerprint density at radius 2 is 1.80 bits per heavy atom. The van der Waals surface area contributed by atoms with Gasteiger partial charge in [-0.2, -0.15) is 0 Å². The summed E-state index contributed by atoms with van der Waals surface area (Å²) in [4.78, 5) is 6.97. The molecular formula is C16H15BrN2S. The highest BCUT2D eigenvalue weighted by molar-refractivity contribution is 9.10. The van der Waals surface area contributed by atoms with Gasteiger partial charge in [0.2, 0.25) is 0 Å². The lowest BCUT2D eigenvalue weighted by atomic mass is 10.2. The molecule has 2 aromatic carbocycles. The summed E-state index contributed by atoms with van der Waals surface area (Å²) in [6.45, 7) is 1.79. The number of hydrogen-bond acceptors (Lipinski definition) is 3. The first-order valence-electron chi connectivity index (χ1n) is 6.49. The van der Waals surface area contributed by atoms with Crippen LogP contribution in [0.4, 0.5) is 0 Å². The summed E-state index contributed by atoms with van der Waals surface area (Å²) in [5, 5.41) is 1.17. The van der Waals surface area contributed by atoms with Crippen molar-refractivity contribution in [1.29, 1.82) is 0 Å². The largest absolute Gasteiger partial charge is 0.295 e. The zero-order chi connectivity index (χ0) is 13.9. The lowest BCUT2D eigenvalue weighted by molar-refractivity contribution is 0.318. The van der Waals surface area contributed by atoms with Gasteiger partial charge in [-0.25, -0.2) is 4.98 Å². The molecule has 0 spiro atoms. The molecule has 0 atom stereocenters. The summed E-state index contributed by atoms with van der Waals surface area (Å²) in [6, 6.07) is 16.7. The smallest absolute Gasteiger partial charge is 0.108 e. The highest BCUT2D eigenvalue weighted by atomic mass is 79.9. The van der Waals surface area contributed by atoms with Crippen molar-refractivity contribution in [3.63, 3.8) is 0 Å². The minimum absolute atomic E-state index is 0.876. The minimum Gasteiger partial charge on any atom is -0.295 e. The topological polar surface area (TPSA) is 16.1 Å². The Labute approximate surface area is 131 Å². The van der Waals surface area contributed by atoms with Crippen molar-refractivity contribution in [1.82, 2.24) is 9.88 Å². The fourth-order valence-electron chi connectivity index (χ4n) is 2.19. The van der Waals surface area contributed by atoms with E-state index < -0.39 is 0 Å². The van der Waals surface area contributed by atoms with E-state index in [0.717, 1.165) is 23.1 Å². The Kier molecular flexibility index (Phi) is 4.15. The Morgan fingerprint density at radius 1 is 1.05 bits per heavy atom. The van der Waals surface area contributed by atoms with Crippen LogP contribution in [0.2, 0.25) is 0 Å². The van der Waals surface area contributed by atoms with E-state index in [4.69, 9.17) is 0 Å². The van der Waals surface area contributed by atoms with Crippen LogP contribution in [0, 0.1) is 0 Å². The summed E-state index contributed by atoms with van der Waals surface area (Å²) in [7, 11) is 2.13. The predicted molar refractivity (Wildman–Crippen MR) is 88.9 cm³/mol. The maximum Gasteiger partial charge on any atom is 0.108 e. The number of hydrogen-bond donors (Lipinski definition) is 0. The monoisotopic (exact) mass is 346 g/mol. The number of para-hydroxylation sites is 1. The van der Waals surface area contributed by atoms with Crippen LogP contribution in [-0.2, 0) is 13.1 Å². The van der Waals surface area contributed by atoms with Crippen LogP contribution in [0.15, 0.2) is 53.0 Å².